The van der Waals surface area contributed by atoms with Crippen molar-refractivity contribution in [1.29, 1.82) is 0 Å². The van der Waals surface area contributed by atoms with E-state index in [1.54, 1.807) is 5.57 Å². The van der Waals surface area contributed by atoms with E-state index in [1.807, 2.05) is 6.20 Å². The molecule has 1 amide bonds. The topological polar surface area (TPSA) is 119 Å². The lowest BCUT2D eigenvalue weighted by atomic mass is 9.80. The number of hydrogen-bond donors (Lipinski definition) is 3. The molecule has 6 rings (SSSR count). The van der Waals surface area contributed by atoms with Crippen molar-refractivity contribution in [3.8, 4) is 11.5 Å². The number of carbonyl (C=O) groups is 1. The molecule has 3 aliphatic rings. The van der Waals surface area contributed by atoms with E-state index in [9.17, 15) is 4.79 Å². The molecule has 1 saturated heterocycles. The molecule has 1 aliphatic heterocycles. The monoisotopic (exact) mass is 544 g/mol. The Bertz CT molecular complexity index is 1430. The second-order valence-corrected chi connectivity index (χ2v) is 11.8. The first kappa shape index (κ1) is 26.7. The number of nitrogens with zero attached hydrogens (tertiary/aromatic N) is 5. The Labute approximate surface area is 235 Å². The highest BCUT2D eigenvalue weighted by Gasteiger charge is 2.31. The van der Waals surface area contributed by atoms with Crippen molar-refractivity contribution in [1.82, 2.24) is 35.3 Å². The standard InChI is InChI=1S/C30H40N8O2/c1-5-19-9-11-20(12-10-19)16-38-24-25(32-18(4)21-7-6-8-21)33-27(28-36-30(39)40-37-28)34-26(24)35-29(38)23-15-22(17(2)3)13-14-31-23/h9,13-15,17-18,20-21,28,37H,5-8,10-12,16H2,1-4H3,(H,36,39)(H,32,33,34)/t18-,20?,28?/m1/s1. The van der Waals surface area contributed by atoms with Gasteiger partial charge in [0.1, 0.15) is 11.2 Å². The Morgan fingerprint density at radius 3 is 2.67 bits per heavy atom. The van der Waals surface area contributed by atoms with Crippen LogP contribution in [0, 0.1) is 11.8 Å². The number of aromatic nitrogens is 5. The van der Waals surface area contributed by atoms with Crippen molar-refractivity contribution in [2.45, 2.75) is 97.3 Å². The Balaban J connectivity index is 1.49. The molecule has 4 heterocycles. The van der Waals surface area contributed by atoms with E-state index in [-0.39, 0.29) is 6.04 Å². The zero-order valence-electron chi connectivity index (χ0n) is 23.9. The third kappa shape index (κ3) is 5.29. The number of pyridine rings is 1. The summed E-state index contributed by atoms with van der Waals surface area (Å²) in [4.78, 5) is 36.4. The van der Waals surface area contributed by atoms with Crippen molar-refractivity contribution >= 4 is 23.1 Å². The molecule has 212 valence electrons. The number of fused-ring (bicyclic) bond motifs is 1. The van der Waals surface area contributed by atoms with Crippen LogP contribution >= 0.6 is 0 Å². The predicted molar refractivity (Wildman–Crippen MR) is 154 cm³/mol. The van der Waals surface area contributed by atoms with Crippen molar-refractivity contribution in [3.63, 3.8) is 0 Å². The molecule has 10 heteroatoms. The van der Waals surface area contributed by atoms with Crippen LogP contribution in [0.1, 0.15) is 96.1 Å². The molecule has 40 heavy (non-hydrogen) atoms. The quantitative estimate of drug-likeness (QED) is 0.281. The molecule has 0 radical (unpaired) electrons. The van der Waals surface area contributed by atoms with E-state index < -0.39 is 12.3 Å². The fourth-order valence-corrected chi connectivity index (χ4v) is 5.95. The number of amides is 1. The van der Waals surface area contributed by atoms with Gasteiger partial charge in [-0.1, -0.05) is 38.8 Å². The first-order chi connectivity index (χ1) is 19.4. The van der Waals surface area contributed by atoms with Crippen molar-refractivity contribution < 1.29 is 9.63 Å². The summed E-state index contributed by atoms with van der Waals surface area (Å²) in [6.45, 7) is 9.65. The number of rotatable bonds is 9. The zero-order chi connectivity index (χ0) is 27.8. The molecule has 10 nitrogen and oxygen atoms in total. The summed E-state index contributed by atoms with van der Waals surface area (Å²) in [6.07, 6.45) is 11.3. The lowest BCUT2D eigenvalue weighted by molar-refractivity contribution is 0.120. The number of allylic oxidation sites excluding steroid dienone is 2. The zero-order valence-corrected chi connectivity index (χ0v) is 23.9. The van der Waals surface area contributed by atoms with E-state index in [2.05, 4.69) is 66.6 Å². The summed E-state index contributed by atoms with van der Waals surface area (Å²) in [7, 11) is 0. The smallest absolute Gasteiger partial charge is 0.365 e. The molecule has 1 saturated carbocycles. The molecular formula is C30H40N8O2. The van der Waals surface area contributed by atoms with Crippen LogP contribution in [0.15, 0.2) is 30.0 Å². The van der Waals surface area contributed by atoms with Crippen molar-refractivity contribution in [3.05, 3.63) is 41.4 Å². The Kier molecular flexibility index (Phi) is 7.44. The van der Waals surface area contributed by atoms with Gasteiger partial charge in [0.15, 0.2) is 29.3 Å². The van der Waals surface area contributed by atoms with Gasteiger partial charge in [-0.05, 0) is 80.9 Å². The van der Waals surface area contributed by atoms with Gasteiger partial charge in [0.05, 0.1) is 0 Å². The van der Waals surface area contributed by atoms with Crippen LogP contribution in [0.2, 0.25) is 0 Å². The molecule has 2 fully saturated rings. The lowest BCUT2D eigenvalue weighted by Gasteiger charge is -2.32. The molecule has 0 aromatic carbocycles. The Morgan fingerprint density at radius 2 is 2.02 bits per heavy atom. The average molecular weight is 545 g/mol. The fraction of sp³-hybridized carbons (Fsp3) is 0.567. The second kappa shape index (κ2) is 11.2. The minimum Gasteiger partial charge on any atom is -0.365 e. The van der Waals surface area contributed by atoms with Gasteiger partial charge in [0, 0.05) is 18.8 Å². The highest BCUT2D eigenvalue weighted by molar-refractivity contribution is 5.87. The van der Waals surface area contributed by atoms with Crippen LogP contribution in [-0.2, 0) is 11.4 Å². The van der Waals surface area contributed by atoms with Crippen LogP contribution in [0.25, 0.3) is 22.7 Å². The maximum absolute atomic E-state index is 11.8. The fourth-order valence-electron chi connectivity index (χ4n) is 5.95. The Morgan fingerprint density at radius 1 is 1.18 bits per heavy atom. The van der Waals surface area contributed by atoms with Gasteiger partial charge < -0.3 is 14.7 Å². The maximum Gasteiger partial charge on any atom is 0.427 e. The first-order valence-corrected chi connectivity index (χ1v) is 14.8. The third-order valence-electron chi connectivity index (χ3n) is 8.82. The van der Waals surface area contributed by atoms with Gasteiger partial charge in [-0.2, -0.15) is 0 Å². The summed E-state index contributed by atoms with van der Waals surface area (Å²) in [5, 5.41) is 6.45. The minimum atomic E-state index is -0.650. The molecule has 3 N–H and O–H groups in total. The summed E-state index contributed by atoms with van der Waals surface area (Å²) in [6, 6.07) is 4.46. The number of carbonyl (C=O) groups excluding carboxylic acids is 1. The minimum absolute atomic E-state index is 0.251. The molecule has 3 aromatic heterocycles. The van der Waals surface area contributed by atoms with Crippen molar-refractivity contribution in [2.24, 2.45) is 11.8 Å². The van der Waals surface area contributed by atoms with E-state index >= 15 is 0 Å². The molecule has 0 bridgehead atoms. The largest absolute Gasteiger partial charge is 0.427 e. The highest BCUT2D eigenvalue weighted by Crippen LogP contribution is 2.36. The van der Waals surface area contributed by atoms with E-state index in [0.717, 1.165) is 55.1 Å². The lowest BCUT2D eigenvalue weighted by Crippen LogP contribution is -2.32. The number of anilines is 1. The first-order valence-electron chi connectivity index (χ1n) is 14.8. The Hall–Kier alpha value is -3.53. The molecule has 3 aromatic rings. The summed E-state index contributed by atoms with van der Waals surface area (Å²) in [5.41, 5.74) is 7.77. The SMILES string of the molecule is CCC1=CCC(Cn2c(-c3cc(C(C)C)ccn3)nc3nc(C4NOC(=O)N4)nc(N[C@H](C)C4CCC4)c32)CC1. The molecular weight excluding hydrogens is 504 g/mol. The molecule has 3 atom stereocenters. The van der Waals surface area contributed by atoms with Crippen LogP contribution in [-0.4, -0.2) is 36.6 Å². The molecule has 2 unspecified atom stereocenters. The normalized spacial score (nSPS) is 22.1. The second-order valence-electron chi connectivity index (χ2n) is 11.8. The summed E-state index contributed by atoms with van der Waals surface area (Å²) in [5.74, 6) is 3.42. The summed E-state index contributed by atoms with van der Waals surface area (Å²) >= 11 is 0. The third-order valence-corrected chi connectivity index (χ3v) is 8.82. The summed E-state index contributed by atoms with van der Waals surface area (Å²) < 4.78 is 2.29. The number of hydrogen-bond acceptors (Lipinski definition) is 8. The van der Waals surface area contributed by atoms with Crippen LogP contribution < -0.4 is 16.1 Å². The van der Waals surface area contributed by atoms with Crippen LogP contribution in [0.4, 0.5) is 10.6 Å². The van der Waals surface area contributed by atoms with Crippen LogP contribution in [0.3, 0.4) is 0 Å². The van der Waals surface area contributed by atoms with E-state index in [0.29, 0.717) is 29.2 Å². The highest BCUT2D eigenvalue weighted by atomic mass is 16.7. The molecule has 0 spiro atoms. The average Bonchev–Trinajstić information content (AvgIpc) is 3.52. The molecule has 2 aliphatic carbocycles. The number of imidazole rings is 1. The van der Waals surface area contributed by atoms with Gasteiger partial charge >= 0.3 is 6.09 Å². The van der Waals surface area contributed by atoms with E-state index in [1.165, 1.54) is 24.8 Å². The van der Waals surface area contributed by atoms with Crippen LogP contribution in [0.5, 0.6) is 0 Å². The van der Waals surface area contributed by atoms with E-state index in [4.69, 9.17) is 24.8 Å². The van der Waals surface area contributed by atoms with Crippen molar-refractivity contribution in [2.75, 3.05) is 5.32 Å². The van der Waals surface area contributed by atoms with Gasteiger partial charge in [-0.3, -0.25) is 10.3 Å². The van der Waals surface area contributed by atoms with Gasteiger partial charge in [0.2, 0.25) is 0 Å². The van der Waals surface area contributed by atoms with Gasteiger partial charge in [-0.15, -0.1) is 5.48 Å². The van der Waals surface area contributed by atoms with Gasteiger partial charge in [0.25, 0.3) is 0 Å². The predicted octanol–water partition coefficient (Wildman–Crippen LogP) is 5.99. The maximum atomic E-state index is 11.8. The number of nitrogens with one attached hydrogen (secondary N) is 3. The van der Waals surface area contributed by atoms with Gasteiger partial charge in [-0.25, -0.2) is 19.7 Å². The number of hydroxylamine groups is 1.